The largest absolute Gasteiger partial charge is 0.353 e. The van der Waals surface area contributed by atoms with E-state index in [9.17, 15) is 51.9 Å². The Kier molecular flexibility index (Phi) is 24.9. The fourth-order valence-corrected chi connectivity index (χ4v) is 11.3. The van der Waals surface area contributed by atoms with Crippen LogP contribution in [-0.2, 0) is 56.0 Å². The van der Waals surface area contributed by atoms with E-state index in [0.29, 0.717) is 12.0 Å². The van der Waals surface area contributed by atoms with Gasteiger partial charge in [-0.25, -0.2) is 8.78 Å². The number of likely N-dealkylation sites (N-methyl/N-ethyl adjacent to an activating group) is 1. The lowest BCUT2D eigenvalue weighted by atomic mass is 9.91. The number of carbonyl (C=O) groups is 9. The molecule has 2 fully saturated rings. The third kappa shape index (κ3) is 19.4. The minimum Gasteiger partial charge on any atom is -0.353 e. The number of allylic oxidation sites excluding steroid dienone is 2. The molecule has 0 radical (unpaired) electrons. The Labute approximate surface area is 487 Å². The predicted molar refractivity (Wildman–Crippen MR) is 313 cm³/mol. The zero-order valence-corrected chi connectivity index (χ0v) is 50.4. The Morgan fingerprint density at radius 1 is 0.622 bits per heavy atom. The van der Waals surface area contributed by atoms with Gasteiger partial charge in [-0.05, 0) is 86.7 Å². The minimum absolute atomic E-state index is 0.0391. The molecule has 1 aliphatic carbocycles. The zero-order chi connectivity index (χ0) is 60.5. The van der Waals surface area contributed by atoms with E-state index in [2.05, 4.69) is 37.2 Å². The molecule has 0 spiro atoms. The van der Waals surface area contributed by atoms with Crippen LogP contribution in [0.3, 0.4) is 0 Å². The van der Waals surface area contributed by atoms with Crippen LogP contribution in [0.4, 0.5) is 8.78 Å². The van der Waals surface area contributed by atoms with Crippen molar-refractivity contribution in [2.75, 3.05) is 31.6 Å². The number of carbonyl (C=O) groups excluding carboxylic acids is 9. The van der Waals surface area contributed by atoms with Gasteiger partial charge in [-0.15, -0.1) is 0 Å². The summed E-state index contributed by atoms with van der Waals surface area (Å²) in [5, 5.41) is 20.1. The average molecular weight is 1160 g/mol. The highest BCUT2D eigenvalue weighted by atomic mass is 32.2. The summed E-state index contributed by atoms with van der Waals surface area (Å²) in [6.07, 6.45) is 1.95. The first-order valence-corrected chi connectivity index (χ1v) is 30.2. The highest BCUT2D eigenvalue weighted by Gasteiger charge is 2.49. The quantitative estimate of drug-likeness (QED) is 0.126. The zero-order valence-electron chi connectivity index (χ0n) is 49.5. The molecule has 18 nitrogen and oxygen atoms in total. The Bertz CT molecular complexity index is 2570. The van der Waals surface area contributed by atoms with E-state index in [1.165, 1.54) is 34.7 Å². The van der Waals surface area contributed by atoms with Crippen LogP contribution in [0.1, 0.15) is 131 Å². The summed E-state index contributed by atoms with van der Waals surface area (Å²) in [7, 11) is 1.48. The third-order valence-corrected chi connectivity index (χ3v) is 16.5. The maximum atomic E-state index is 14.8. The summed E-state index contributed by atoms with van der Waals surface area (Å²) < 4.78 is 28.5. The lowest BCUT2D eigenvalue weighted by molar-refractivity contribution is -0.148. The summed E-state index contributed by atoms with van der Waals surface area (Å²) >= 11 is 1.21. The van der Waals surface area contributed by atoms with Crippen molar-refractivity contribution in [3.63, 3.8) is 0 Å². The van der Waals surface area contributed by atoms with Crippen LogP contribution in [-0.4, -0.2) is 148 Å². The van der Waals surface area contributed by atoms with E-state index in [1.54, 1.807) is 34.6 Å². The maximum Gasteiger partial charge on any atom is 0.251 e. The Hall–Kier alpha value is -6.38. The van der Waals surface area contributed by atoms with Gasteiger partial charge in [0.1, 0.15) is 47.8 Å². The Morgan fingerprint density at radius 2 is 1.18 bits per heavy atom. The number of halogens is 2. The monoisotopic (exact) mass is 1160 g/mol. The second kappa shape index (κ2) is 30.8. The molecule has 2 aromatic carbocycles. The smallest absolute Gasteiger partial charge is 0.251 e. The molecule has 21 heteroatoms. The number of hydrogen-bond acceptors (Lipinski definition) is 10. The standard InChI is InChI=1S/C61H89F2N9O9S/c1-37(2)32-45-53(75)66-44(23-22-41-24-27-61(62,63)28-25-41)52(74)68-47(33-38(3)4)57(79)71(10)48(35-43-20-15-12-16-21-43)55(77)64-29-31-82-36-49(73)65-46(34-42-18-13-11-14-19-42)54(76)69-51(40(7)8)58(80)72-30-17-26-60(72,9)59(81)70-50(39(5)6)56(78)67-45/h11-16,18-21,24,37-40,44-48,50-51H,17,22-23,25-36H2,1-10H3,(H,64,77)(H,65,73)(H,66,75)(H,67,78)(H,68,74)(H,69,76)(H,70,81)/t44-,45-,46-,47-,48-,50-,51-,60-/m0/s1. The number of fused-ring (bicyclic) bond motifs is 1. The van der Waals surface area contributed by atoms with Gasteiger partial charge < -0.3 is 47.0 Å². The van der Waals surface area contributed by atoms with Gasteiger partial charge in [-0.2, -0.15) is 11.8 Å². The number of nitrogens with zero attached hydrogens (tertiary/aromatic N) is 2. The molecule has 3 aliphatic rings. The van der Waals surface area contributed by atoms with Crippen molar-refractivity contribution in [1.82, 2.24) is 47.0 Å². The van der Waals surface area contributed by atoms with Crippen LogP contribution in [0.25, 0.3) is 0 Å². The van der Waals surface area contributed by atoms with Gasteiger partial charge in [0.25, 0.3) is 5.92 Å². The SMILES string of the molecule is CC(C)C[C@@H]1NC(=O)[C@H](C(C)C)NC(=O)[C@]2(C)CCCN2C(=O)[C@H](C(C)C)NC(=O)[C@H](Cc2ccccc2)NC(=O)CSCCNC(=O)[C@H](Cc2ccccc2)N(C)C(=O)[C@H](CC(C)C)NC(=O)[C@H](CCC2=CCC(F)(F)CC2)NC1=O. The van der Waals surface area contributed by atoms with Crippen LogP contribution >= 0.6 is 11.8 Å². The van der Waals surface area contributed by atoms with Crippen LogP contribution in [0.5, 0.6) is 0 Å². The highest BCUT2D eigenvalue weighted by Crippen LogP contribution is 2.34. The summed E-state index contributed by atoms with van der Waals surface area (Å²) in [5.74, 6) is -9.45. The van der Waals surface area contributed by atoms with Crippen LogP contribution in [0.15, 0.2) is 72.3 Å². The van der Waals surface area contributed by atoms with Gasteiger partial charge in [0.15, 0.2) is 0 Å². The topological polar surface area (TPSA) is 244 Å². The fourth-order valence-electron chi connectivity index (χ4n) is 10.7. The second-order valence-corrected chi connectivity index (χ2v) is 25.1. The van der Waals surface area contributed by atoms with Crippen LogP contribution in [0.2, 0.25) is 0 Å². The van der Waals surface area contributed by atoms with E-state index in [0.717, 1.165) is 11.1 Å². The summed E-state index contributed by atoms with van der Waals surface area (Å²) in [4.78, 5) is 133. The van der Waals surface area contributed by atoms with Gasteiger partial charge in [0, 0.05) is 51.6 Å². The molecule has 452 valence electrons. The van der Waals surface area contributed by atoms with Crippen molar-refractivity contribution in [1.29, 1.82) is 0 Å². The number of alkyl halides is 2. The van der Waals surface area contributed by atoms with Gasteiger partial charge in [-0.1, -0.05) is 128 Å². The summed E-state index contributed by atoms with van der Waals surface area (Å²) in [6.45, 7) is 16.3. The number of benzene rings is 2. The second-order valence-electron chi connectivity index (χ2n) is 24.0. The van der Waals surface area contributed by atoms with Crippen molar-refractivity contribution in [3.05, 3.63) is 83.4 Å². The van der Waals surface area contributed by atoms with Crippen molar-refractivity contribution in [2.24, 2.45) is 23.7 Å². The average Bonchev–Trinajstić information content (AvgIpc) is 3.88. The van der Waals surface area contributed by atoms with Gasteiger partial charge >= 0.3 is 0 Å². The normalized spacial score (nSPS) is 26.8. The molecule has 0 aromatic heterocycles. The predicted octanol–water partition coefficient (Wildman–Crippen LogP) is 5.38. The first-order valence-electron chi connectivity index (χ1n) is 29.1. The number of amides is 9. The maximum absolute atomic E-state index is 14.8. The van der Waals surface area contributed by atoms with Gasteiger partial charge in [-0.3, -0.25) is 43.2 Å². The third-order valence-electron chi connectivity index (χ3n) is 15.5. The first kappa shape index (κ1) is 66.4. The van der Waals surface area contributed by atoms with E-state index < -0.39 is 125 Å². The number of nitrogens with one attached hydrogen (secondary N) is 7. The summed E-state index contributed by atoms with van der Waals surface area (Å²) in [5.41, 5.74) is 0.722. The summed E-state index contributed by atoms with van der Waals surface area (Å²) in [6, 6.07) is 9.94. The van der Waals surface area contributed by atoms with Crippen molar-refractivity contribution >= 4 is 64.9 Å². The fraction of sp³-hybridized carbons (Fsp3) is 0.623. The molecule has 0 unspecified atom stereocenters. The number of thioether (sulfide) groups is 1. The molecule has 7 N–H and O–H groups in total. The van der Waals surface area contributed by atoms with Gasteiger partial charge in [0.05, 0.1) is 5.75 Å². The molecule has 0 bridgehead atoms. The lowest BCUT2D eigenvalue weighted by Crippen LogP contribution is -2.64. The van der Waals surface area contributed by atoms with Crippen molar-refractivity contribution in [3.8, 4) is 0 Å². The van der Waals surface area contributed by atoms with Gasteiger partial charge in [0.2, 0.25) is 53.2 Å². The van der Waals surface area contributed by atoms with Crippen LogP contribution in [0, 0.1) is 23.7 Å². The number of rotatable bonds is 13. The van der Waals surface area contributed by atoms with Crippen LogP contribution < -0.4 is 37.2 Å². The Morgan fingerprint density at radius 3 is 1.77 bits per heavy atom. The molecule has 0 saturated carbocycles. The Balaban J connectivity index is 1.54. The lowest BCUT2D eigenvalue weighted by Gasteiger charge is -2.38. The molecule has 2 saturated heterocycles. The number of hydrogen-bond donors (Lipinski definition) is 7. The molecule has 5 rings (SSSR count). The molecular formula is C61H89F2N9O9S. The molecular weight excluding hydrogens is 1070 g/mol. The minimum atomic E-state index is -2.87. The van der Waals surface area contributed by atoms with E-state index >= 15 is 0 Å². The highest BCUT2D eigenvalue weighted by molar-refractivity contribution is 7.99. The molecule has 2 aromatic rings. The van der Waals surface area contributed by atoms with E-state index in [-0.39, 0.29) is 94.2 Å². The molecule has 2 heterocycles. The molecule has 82 heavy (non-hydrogen) atoms. The van der Waals surface area contributed by atoms with E-state index in [4.69, 9.17) is 0 Å². The first-order chi connectivity index (χ1) is 38.7. The van der Waals surface area contributed by atoms with Crippen molar-refractivity contribution in [2.45, 2.75) is 187 Å². The molecule has 8 atom stereocenters. The van der Waals surface area contributed by atoms with Crippen molar-refractivity contribution < 1.29 is 51.9 Å². The molecule has 9 amide bonds. The molecule has 2 aliphatic heterocycles. The van der Waals surface area contributed by atoms with E-state index in [1.807, 2.05) is 88.4 Å².